The van der Waals surface area contributed by atoms with Crippen molar-refractivity contribution in [2.45, 2.75) is 0 Å². The molecule has 0 saturated carbocycles. The third-order valence-corrected chi connectivity index (χ3v) is 9.91. The summed E-state index contributed by atoms with van der Waals surface area (Å²) < 4.78 is 4.85. The van der Waals surface area contributed by atoms with Crippen molar-refractivity contribution in [3.63, 3.8) is 0 Å². The first-order valence-electron chi connectivity index (χ1n) is 16.5. The van der Waals surface area contributed by atoms with Crippen LogP contribution in [0.15, 0.2) is 182 Å². The third-order valence-electron chi connectivity index (χ3n) is 9.91. The van der Waals surface area contributed by atoms with Gasteiger partial charge in [-0.15, -0.1) is 0 Å². The van der Waals surface area contributed by atoms with Crippen LogP contribution in [0.5, 0.6) is 0 Å². The van der Waals surface area contributed by atoms with Crippen molar-refractivity contribution in [1.82, 2.24) is 9.13 Å². The summed E-state index contributed by atoms with van der Waals surface area (Å²) in [6, 6.07) is 66.2. The highest BCUT2D eigenvalue weighted by Gasteiger charge is 2.18. The van der Waals surface area contributed by atoms with Gasteiger partial charge in [-0.1, -0.05) is 127 Å². The van der Waals surface area contributed by atoms with E-state index in [0.29, 0.717) is 0 Å². The van der Waals surface area contributed by atoms with Crippen molar-refractivity contribution in [2.24, 2.45) is 0 Å². The van der Waals surface area contributed by atoms with E-state index in [1.807, 2.05) is 0 Å². The zero-order valence-electron chi connectivity index (χ0n) is 26.2. The molecule has 8 aromatic carbocycles. The average molecular weight is 611 g/mol. The first kappa shape index (κ1) is 26.8. The zero-order valence-corrected chi connectivity index (χ0v) is 26.2. The van der Waals surface area contributed by atoms with Gasteiger partial charge in [-0.3, -0.25) is 0 Å². The summed E-state index contributed by atoms with van der Waals surface area (Å²) in [6.45, 7) is 0. The van der Waals surface area contributed by atoms with E-state index >= 15 is 0 Å². The highest BCUT2D eigenvalue weighted by molar-refractivity contribution is 6.19. The maximum absolute atomic E-state index is 2.43. The van der Waals surface area contributed by atoms with Gasteiger partial charge in [-0.05, 0) is 87.6 Å². The van der Waals surface area contributed by atoms with Gasteiger partial charge in [0.1, 0.15) is 0 Å². The lowest BCUT2D eigenvalue weighted by atomic mass is 10.0. The minimum absolute atomic E-state index is 1.15. The number of benzene rings is 8. The second kappa shape index (κ2) is 10.6. The van der Waals surface area contributed by atoms with Gasteiger partial charge in [0.25, 0.3) is 0 Å². The second-order valence-electron chi connectivity index (χ2n) is 12.6. The van der Waals surface area contributed by atoms with Gasteiger partial charge in [0.2, 0.25) is 0 Å². The van der Waals surface area contributed by atoms with Crippen LogP contribution < -0.4 is 0 Å². The molecule has 0 unspecified atom stereocenters. The summed E-state index contributed by atoms with van der Waals surface area (Å²) in [5.74, 6) is 0. The van der Waals surface area contributed by atoms with Gasteiger partial charge in [0.05, 0.1) is 22.1 Å². The molecular formula is C46H30N2. The Bertz CT molecular complexity index is 2800. The maximum Gasteiger partial charge on any atom is 0.0562 e. The zero-order chi connectivity index (χ0) is 31.6. The number of hydrogen-bond donors (Lipinski definition) is 0. The fourth-order valence-corrected chi connectivity index (χ4v) is 7.59. The summed E-state index contributed by atoms with van der Waals surface area (Å²) in [5.41, 5.74) is 12.0. The number of aromatic nitrogens is 2. The van der Waals surface area contributed by atoms with Gasteiger partial charge in [0, 0.05) is 32.9 Å². The quantitative estimate of drug-likeness (QED) is 0.188. The summed E-state index contributed by atoms with van der Waals surface area (Å²) >= 11 is 0. The van der Waals surface area contributed by atoms with Gasteiger partial charge < -0.3 is 9.13 Å². The van der Waals surface area contributed by atoms with E-state index in [9.17, 15) is 0 Å². The molecule has 224 valence electrons. The molecule has 0 fully saturated rings. The molecule has 48 heavy (non-hydrogen) atoms. The van der Waals surface area contributed by atoms with E-state index < -0.39 is 0 Å². The van der Waals surface area contributed by atoms with Crippen molar-refractivity contribution in [2.75, 3.05) is 0 Å². The fourth-order valence-electron chi connectivity index (χ4n) is 7.59. The second-order valence-corrected chi connectivity index (χ2v) is 12.6. The van der Waals surface area contributed by atoms with Crippen LogP contribution in [0, 0.1) is 0 Å². The standard InChI is InChI=1S/C46H30N2/c1-2-10-31(11-3-1)33-20-24-37(25-21-33)47-43-16-8-6-14-39(43)41-29-42-40-15-7-9-17-44(40)48(46(42)30-45(41)47)38-26-22-34(23-27-38)36-19-18-32-12-4-5-13-35(32)28-36/h1-30H. The molecule has 2 nitrogen and oxygen atoms in total. The van der Waals surface area contributed by atoms with Crippen LogP contribution in [0.25, 0.3) is 88.0 Å². The minimum atomic E-state index is 1.15. The van der Waals surface area contributed by atoms with Gasteiger partial charge in [0.15, 0.2) is 0 Å². The van der Waals surface area contributed by atoms with Crippen LogP contribution in [-0.4, -0.2) is 9.13 Å². The molecule has 0 aliphatic rings. The summed E-state index contributed by atoms with van der Waals surface area (Å²) in [7, 11) is 0. The van der Waals surface area contributed by atoms with Crippen molar-refractivity contribution >= 4 is 54.4 Å². The van der Waals surface area contributed by atoms with E-state index in [1.165, 1.54) is 76.6 Å². The summed E-state index contributed by atoms with van der Waals surface area (Å²) in [6.07, 6.45) is 0. The molecule has 2 aromatic heterocycles. The van der Waals surface area contributed by atoms with E-state index in [2.05, 4.69) is 191 Å². The monoisotopic (exact) mass is 610 g/mol. The van der Waals surface area contributed by atoms with Crippen LogP contribution in [0.4, 0.5) is 0 Å². The smallest absolute Gasteiger partial charge is 0.0562 e. The maximum atomic E-state index is 2.43. The average Bonchev–Trinajstić information content (AvgIpc) is 3.66. The SMILES string of the molecule is c1ccc(-c2ccc(-n3c4ccccc4c4cc5c6ccccc6n(-c6ccc(-c7ccc8ccccc8c7)cc6)c5cc43)cc2)cc1. The Balaban J connectivity index is 1.17. The van der Waals surface area contributed by atoms with Crippen LogP contribution in [0.2, 0.25) is 0 Å². The molecule has 2 heteroatoms. The van der Waals surface area contributed by atoms with E-state index in [4.69, 9.17) is 0 Å². The molecule has 0 saturated heterocycles. The highest BCUT2D eigenvalue weighted by atomic mass is 15.0. The van der Waals surface area contributed by atoms with Crippen molar-refractivity contribution < 1.29 is 0 Å². The van der Waals surface area contributed by atoms with Crippen LogP contribution in [-0.2, 0) is 0 Å². The first-order valence-corrected chi connectivity index (χ1v) is 16.5. The number of fused-ring (bicyclic) bond motifs is 7. The topological polar surface area (TPSA) is 9.86 Å². The number of rotatable bonds is 4. The van der Waals surface area contributed by atoms with Gasteiger partial charge >= 0.3 is 0 Å². The van der Waals surface area contributed by atoms with Crippen molar-refractivity contribution in [1.29, 1.82) is 0 Å². The Kier molecular flexibility index (Phi) is 5.91. The first-order chi connectivity index (χ1) is 23.8. The van der Waals surface area contributed by atoms with E-state index in [0.717, 1.165) is 11.4 Å². The number of hydrogen-bond acceptors (Lipinski definition) is 0. The molecular weight excluding hydrogens is 581 g/mol. The Morgan fingerprint density at radius 2 is 0.708 bits per heavy atom. The Morgan fingerprint density at radius 3 is 1.31 bits per heavy atom. The number of para-hydroxylation sites is 2. The van der Waals surface area contributed by atoms with Crippen molar-refractivity contribution in [3.8, 4) is 33.6 Å². The van der Waals surface area contributed by atoms with Gasteiger partial charge in [-0.2, -0.15) is 0 Å². The summed E-state index contributed by atoms with van der Waals surface area (Å²) in [4.78, 5) is 0. The molecule has 0 aliphatic heterocycles. The number of nitrogens with zero attached hydrogens (tertiary/aromatic N) is 2. The fraction of sp³-hybridized carbons (Fsp3) is 0. The minimum Gasteiger partial charge on any atom is -0.309 e. The van der Waals surface area contributed by atoms with Crippen LogP contribution >= 0.6 is 0 Å². The molecule has 0 radical (unpaired) electrons. The molecule has 0 atom stereocenters. The Morgan fingerprint density at radius 1 is 0.250 bits per heavy atom. The third kappa shape index (κ3) is 4.13. The molecule has 2 heterocycles. The van der Waals surface area contributed by atoms with Crippen LogP contribution in [0.1, 0.15) is 0 Å². The van der Waals surface area contributed by atoms with Crippen molar-refractivity contribution in [3.05, 3.63) is 182 Å². The predicted molar refractivity (Wildman–Crippen MR) is 203 cm³/mol. The molecule has 10 rings (SSSR count). The summed E-state index contributed by atoms with van der Waals surface area (Å²) in [5, 5.41) is 7.57. The molecule has 0 amide bonds. The molecule has 0 bridgehead atoms. The Labute approximate surface area is 278 Å². The normalized spacial score (nSPS) is 11.8. The molecule has 10 aromatic rings. The lowest BCUT2D eigenvalue weighted by molar-refractivity contribution is 1.16. The molecule has 0 aliphatic carbocycles. The Hall–Kier alpha value is -6.38. The lowest BCUT2D eigenvalue weighted by Crippen LogP contribution is -1.96. The predicted octanol–water partition coefficient (Wildman–Crippen LogP) is 12.4. The molecule has 0 spiro atoms. The van der Waals surface area contributed by atoms with Gasteiger partial charge in [-0.25, -0.2) is 0 Å². The lowest BCUT2D eigenvalue weighted by Gasteiger charge is -2.12. The van der Waals surface area contributed by atoms with Crippen LogP contribution in [0.3, 0.4) is 0 Å². The van der Waals surface area contributed by atoms with E-state index in [-0.39, 0.29) is 0 Å². The largest absolute Gasteiger partial charge is 0.309 e. The van der Waals surface area contributed by atoms with E-state index in [1.54, 1.807) is 0 Å². The highest BCUT2D eigenvalue weighted by Crippen LogP contribution is 2.40. The molecule has 0 N–H and O–H groups in total.